The van der Waals surface area contributed by atoms with E-state index in [4.69, 9.17) is 14.6 Å². The maximum Gasteiger partial charge on any atom is 0.329 e. The van der Waals surface area contributed by atoms with E-state index in [9.17, 15) is 9.59 Å². The lowest BCUT2D eigenvalue weighted by Crippen LogP contribution is -2.43. The Morgan fingerprint density at radius 2 is 1.70 bits per heavy atom. The summed E-state index contributed by atoms with van der Waals surface area (Å²) in [6, 6.07) is 3.15. The van der Waals surface area contributed by atoms with Crippen LogP contribution in [0.2, 0.25) is 0 Å². The first-order chi connectivity index (χ1) is 9.43. The smallest absolute Gasteiger partial charge is 0.329 e. The number of hydrogen-bond donors (Lipinski definition) is 2. The highest BCUT2D eigenvalue weighted by Crippen LogP contribution is 2.36. The summed E-state index contributed by atoms with van der Waals surface area (Å²) in [5.74, 6) is -0.400. The van der Waals surface area contributed by atoms with Crippen molar-refractivity contribution in [2.45, 2.75) is 25.3 Å². The zero-order chi connectivity index (χ0) is 14.9. The van der Waals surface area contributed by atoms with Crippen LogP contribution < -0.4 is 14.8 Å². The number of carbonyl (C=O) groups is 2. The van der Waals surface area contributed by atoms with Crippen LogP contribution in [0.25, 0.3) is 0 Å². The summed E-state index contributed by atoms with van der Waals surface area (Å²) in [6.07, 6.45) is 0.905. The SMILES string of the molecule is COc1cc(C(=O)NC2(C(=O)O)CC2)cc(OC)c1C. The third kappa shape index (κ3) is 2.41. The van der Waals surface area contributed by atoms with Gasteiger partial charge in [0.15, 0.2) is 0 Å². The summed E-state index contributed by atoms with van der Waals surface area (Å²) in [4.78, 5) is 23.3. The number of aliphatic carboxylic acids is 1. The maximum absolute atomic E-state index is 12.2. The Morgan fingerprint density at radius 1 is 1.20 bits per heavy atom. The Kier molecular flexibility index (Phi) is 3.57. The van der Waals surface area contributed by atoms with Gasteiger partial charge < -0.3 is 19.9 Å². The third-order valence-corrected chi connectivity index (χ3v) is 3.53. The lowest BCUT2D eigenvalue weighted by molar-refractivity contribution is -0.140. The zero-order valence-electron chi connectivity index (χ0n) is 11.6. The van der Waals surface area contributed by atoms with Crippen molar-refractivity contribution in [1.29, 1.82) is 0 Å². The van der Waals surface area contributed by atoms with Gasteiger partial charge in [-0.25, -0.2) is 4.79 Å². The van der Waals surface area contributed by atoms with Crippen LogP contribution in [0.3, 0.4) is 0 Å². The van der Waals surface area contributed by atoms with Gasteiger partial charge in [-0.3, -0.25) is 4.79 Å². The van der Waals surface area contributed by atoms with E-state index < -0.39 is 17.4 Å². The molecule has 0 spiro atoms. The molecule has 0 unspecified atom stereocenters. The molecule has 1 fully saturated rings. The molecule has 1 saturated carbocycles. The van der Waals surface area contributed by atoms with E-state index in [2.05, 4.69) is 5.32 Å². The van der Waals surface area contributed by atoms with Crippen LogP contribution in [-0.4, -0.2) is 36.7 Å². The molecule has 108 valence electrons. The number of amides is 1. The monoisotopic (exact) mass is 279 g/mol. The van der Waals surface area contributed by atoms with Crippen molar-refractivity contribution < 1.29 is 24.2 Å². The largest absolute Gasteiger partial charge is 0.496 e. The van der Waals surface area contributed by atoms with Gasteiger partial charge in [-0.1, -0.05) is 0 Å². The Hall–Kier alpha value is -2.24. The molecule has 0 atom stereocenters. The Morgan fingerprint density at radius 3 is 2.05 bits per heavy atom. The number of carboxylic acid groups (broad SMARTS) is 1. The Bertz CT molecular complexity index is 538. The molecule has 2 N–H and O–H groups in total. The van der Waals surface area contributed by atoms with E-state index in [0.717, 1.165) is 5.56 Å². The van der Waals surface area contributed by atoms with Gasteiger partial charge in [-0.05, 0) is 31.9 Å². The molecule has 0 aliphatic heterocycles. The summed E-state index contributed by atoms with van der Waals surface area (Å²) < 4.78 is 10.4. The van der Waals surface area contributed by atoms with Gasteiger partial charge in [-0.2, -0.15) is 0 Å². The van der Waals surface area contributed by atoms with Crippen molar-refractivity contribution in [2.75, 3.05) is 14.2 Å². The quantitative estimate of drug-likeness (QED) is 0.850. The summed E-state index contributed by atoms with van der Waals surface area (Å²) >= 11 is 0. The van der Waals surface area contributed by atoms with E-state index >= 15 is 0 Å². The molecule has 1 aliphatic carbocycles. The lowest BCUT2D eigenvalue weighted by atomic mass is 10.1. The molecule has 0 saturated heterocycles. The predicted octanol–water partition coefficient (Wildman–Crippen LogP) is 1.36. The number of hydrogen-bond acceptors (Lipinski definition) is 4. The molecule has 0 aromatic heterocycles. The topological polar surface area (TPSA) is 84.9 Å². The van der Waals surface area contributed by atoms with Gasteiger partial charge in [0.1, 0.15) is 17.0 Å². The fourth-order valence-corrected chi connectivity index (χ4v) is 2.02. The highest BCUT2D eigenvalue weighted by Gasteiger charge is 2.51. The average molecular weight is 279 g/mol. The Balaban J connectivity index is 2.28. The molecule has 0 bridgehead atoms. The normalized spacial score (nSPS) is 15.3. The van der Waals surface area contributed by atoms with Crippen molar-refractivity contribution in [3.63, 3.8) is 0 Å². The van der Waals surface area contributed by atoms with Crippen LogP contribution >= 0.6 is 0 Å². The third-order valence-electron chi connectivity index (χ3n) is 3.53. The van der Waals surface area contributed by atoms with E-state index in [1.165, 1.54) is 14.2 Å². The second kappa shape index (κ2) is 5.03. The molecule has 1 aromatic rings. The van der Waals surface area contributed by atoms with Crippen LogP contribution in [0.4, 0.5) is 0 Å². The minimum absolute atomic E-state index is 0.317. The number of rotatable bonds is 5. The second-order valence-electron chi connectivity index (χ2n) is 4.85. The molecule has 1 amide bonds. The second-order valence-corrected chi connectivity index (χ2v) is 4.85. The Labute approximate surface area is 116 Å². The number of nitrogens with one attached hydrogen (secondary N) is 1. The molecular formula is C14H17NO5. The van der Waals surface area contributed by atoms with Crippen LogP contribution in [0.5, 0.6) is 11.5 Å². The maximum atomic E-state index is 12.2. The molecule has 6 heteroatoms. The van der Waals surface area contributed by atoms with Crippen LogP contribution in [0, 0.1) is 6.92 Å². The van der Waals surface area contributed by atoms with Gasteiger partial charge in [0.25, 0.3) is 5.91 Å². The minimum Gasteiger partial charge on any atom is -0.496 e. The van der Waals surface area contributed by atoms with E-state index in [1.54, 1.807) is 12.1 Å². The zero-order valence-corrected chi connectivity index (χ0v) is 11.6. The van der Waals surface area contributed by atoms with E-state index in [1.807, 2.05) is 6.92 Å². The highest BCUT2D eigenvalue weighted by atomic mass is 16.5. The number of methoxy groups -OCH3 is 2. The first-order valence-corrected chi connectivity index (χ1v) is 6.22. The van der Waals surface area contributed by atoms with Gasteiger partial charge in [0.2, 0.25) is 0 Å². The molecule has 6 nitrogen and oxygen atoms in total. The summed E-state index contributed by atoms with van der Waals surface area (Å²) in [6.45, 7) is 1.82. The number of benzene rings is 1. The molecular weight excluding hydrogens is 262 g/mol. The van der Waals surface area contributed by atoms with E-state index in [-0.39, 0.29) is 0 Å². The summed E-state index contributed by atoms with van der Waals surface area (Å²) in [7, 11) is 3.01. The fourth-order valence-electron chi connectivity index (χ4n) is 2.02. The van der Waals surface area contributed by atoms with Crippen LogP contribution in [-0.2, 0) is 4.79 Å². The standard InChI is InChI=1S/C14H17NO5/c1-8-10(19-2)6-9(7-11(8)20-3)12(16)15-14(4-5-14)13(17)18/h6-7H,4-5H2,1-3H3,(H,15,16)(H,17,18). The van der Waals surface area contributed by atoms with Gasteiger partial charge in [0.05, 0.1) is 14.2 Å². The number of carboxylic acids is 1. The highest BCUT2D eigenvalue weighted by molar-refractivity contribution is 5.99. The molecule has 2 rings (SSSR count). The molecule has 1 aliphatic rings. The van der Waals surface area contributed by atoms with Crippen molar-refractivity contribution in [3.05, 3.63) is 23.3 Å². The molecule has 1 aromatic carbocycles. The average Bonchev–Trinajstić information content (AvgIpc) is 3.19. The van der Waals surface area contributed by atoms with Crippen molar-refractivity contribution in [3.8, 4) is 11.5 Å². The number of carbonyl (C=O) groups excluding carboxylic acids is 1. The fraction of sp³-hybridized carbons (Fsp3) is 0.429. The van der Waals surface area contributed by atoms with E-state index in [0.29, 0.717) is 29.9 Å². The minimum atomic E-state index is -1.11. The van der Waals surface area contributed by atoms with Crippen molar-refractivity contribution >= 4 is 11.9 Å². The van der Waals surface area contributed by atoms with Gasteiger partial charge in [0, 0.05) is 11.1 Å². The molecule has 0 heterocycles. The molecule has 0 radical (unpaired) electrons. The first kappa shape index (κ1) is 14.2. The van der Waals surface area contributed by atoms with Crippen LogP contribution in [0.15, 0.2) is 12.1 Å². The van der Waals surface area contributed by atoms with Gasteiger partial charge >= 0.3 is 5.97 Å². The van der Waals surface area contributed by atoms with Crippen molar-refractivity contribution in [1.82, 2.24) is 5.32 Å². The summed E-state index contributed by atoms with van der Waals surface area (Å²) in [5, 5.41) is 11.6. The van der Waals surface area contributed by atoms with Crippen molar-refractivity contribution in [2.24, 2.45) is 0 Å². The van der Waals surface area contributed by atoms with Gasteiger partial charge in [-0.15, -0.1) is 0 Å². The summed E-state index contributed by atoms with van der Waals surface area (Å²) in [5.41, 5.74) is -0.00893. The predicted molar refractivity (Wildman–Crippen MR) is 71.4 cm³/mol. The van der Waals surface area contributed by atoms with Crippen LogP contribution in [0.1, 0.15) is 28.8 Å². The molecule has 20 heavy (non-hydrogen) atoms. The lowest BCUT2D eigenvalue weighted by Gasteiger charge is -2.15. The number of ether oxygens (including phenoxy) is 2. The first-order valence-electron chi connectivity index (χ1n) is 6.22.